The number of rotatable bonds is 7. The molecule has 0 N–H and O–H groups in total. The number of pyridine rings is 1. The number of hydrogen-bond acceptors (Lipinski definition) is 4. The van der Waals surface area contributed by atoms with Crippen LogP contribution in [0.25, 0.3) is 23.1 Å². The molecule has 0 bridgehead atoms. The number of hydrogen-bond donors (Lipinski definition) is 0. The van der Waals surface area contributed by atoms with Crippen LogP contribution < -0.4 is 4.74 Å². The molecule has 32 heavy (non-hydrogen) atoms. The minimum atomic E-state index is -0.354. The quantitative estimate of drug-likeness (QED) is 0.125. The zero-order valence-corrected chi connectivity index (χ0v) is 21.5. The zero-order chi connectivity index (χ0) is 22.7. The van der Waals surface area contributed by atoms with Gasteiger partial charge in [-0.1, -0.05) is 53.5 Å². The Morgan fingerprint density at radius 3 is 2.41 bits per heavy atom. The van der Waals surface area contributed by atoms with Gasteiger partial charge in [-0.3, -0.25) is 9.78 Å². The Hall–Kier alpha value is -1.99. The van der Waals surface area contributed by atoms with E-state index in [2.05, 4.69) is 27.0 Å². The number of aromatic nitrogens is 3. The first kappa shape index (κ1) is 23.2. The number of aldehydes is 1. The third kappa shape index (κ3) is 4.99. The van der Waals surface area contributed by atoms with E-state index in [9.17, 15) is 4.79 Å². The van der Waals surface area contributed by atoms with E-state index in [4.69, 9.17) is 33.0 Å². The lowest BCUT2D eigenvalue weighted by Gasteiger charge is -2.17. The molecule has 4 aromatic rings. The van der Waals surface area contributed by atoms with Gasteiger partial charge in [0.1, 0.15) is 18.1 Å². The second-order valence-corrected chi connectivity index (χ2v) is 9.81. The monoisotopic (exact) mass is 595 g/mol. The summed E-state index contributed by atoms with van der Waals surface area (Å²) in [6.07, 6.45) is 8.00. The average Bonchev–Trinajstić information content (AvgIpc) is 3.15. The summed E-state index contributed by atoms with van der Waals surface area (Å²) in [5, 5.41) is 6.65. The van der Waals surface area contributed by atoms with Crippen molar-refractivity contribution >= 4 is 81.0 Å². The number of carbonyl (C=O) groups excluding carboxylic acids is 1. The maximum atomic E-state index is 10.9. The highest BCUT2D eigenvalue weighted by Crippen LogP contribution is 2.36. The lowest BCUT2D eigenvalue weighted by molar-refractivity contribution is 0.112. The number of carbonyl (C=O) groups is 1. The summed E-state index contributed by atoms with van der Waals surface area (Å²) in [5.41, 5.74) is 4.19. The molecule has 2 aromatic carbocycles. The largest absolute Gasteiger partial charge is 0.486 e. The van der Waals surface area contributed by atoms with E-state index in [0.29, 0.717) is 33.3 Å². The molecule has 0 aliphatic heterocycles. The molecule has 2 heterocycles. The molecule has 0 saturated heterocycles. The van der Waals surface area contributed by atoms with Gasteiger partial charge >= 0.3 is 0 Å². The van der Waals surface area contributed by atoms with Crippen LogP contribution >= 0.6 is 51.6 Å². The Bertz CT molecular complexity index is 1290. The highest BCUT2D eigenvalue weighted by Gasteiger charge is 2.17. The second kappa shape index (κ2) is 10.3. The Labute approximate surface area is 210 Å². The van der Waals surface area contributed by atoms with Crippen LogP contribution in [0, 0.1) is 0 Å². The Morgan fingerprint density at radius 2 is 1.75 bits per heavy atom. The van der Waals surface area contributed by atoms with Crippen molar-refractivity contribution in [1.82, 2.24) is 14.5 Å². The highest BCUT2D eigenvalue weighted by molar-refractivity contribution is 14.2. The second-order valence-electron chi connectivity index (χ2n) is 6.96. The normalized spacial score (nSPS) is 12.8. The maximum absolute atomic E-state index is 10.9. The van der Waals surface area contributed by atoms with Crippen molar-refractivity contribution in [3.05, 3.63) is 87.3 Å². The predicted molar refractivity (Wildman–Crippen MR) is 142 cm³/mol. The van der Waals surface area contributed by atoms with Crippen LogP contribution in [0.3, 0.4) is 0 Å². The summed E-state index contributed by atoms with van der Waals surface area (Å²) in [6, 6.07) is 13.3. The molecular weight excluding hydrogens is 579 g/mol. The van der Waals surface area contributed by atoms with Crippen LogP contribution in [0.4, 0.5) is 0 Å². The van der Waals surface area contributed by atoms with Crippen molar-refractivity contribution in [2.75, 3.05) is 0 Å². The summed E-state index contributed by atoms with van der Waals surface area (Å²) >= 11 is 14.9. The van der Waals surface area contributed by atoms with Crippen LogP contribution in [0.1, 0.15) is 40.2 Å². The summed E-state index contributed by atoms with van der Waals surface area (Å²) < 4.78 is 8.13. The smallest absolute Gasteiger partial charge is 0.150 e. The number of ether oxygens (including phenoxy) is 1. The van der Waals surface area contributed by atoms with E-state index in [-0.39, 0.29) is 6.10 Å². The third-order valence-corrected chi connectivity index (χ3v) is 7.35. The van der Waals surface area contributed by atoms with Gasteiger partial charge < -0.3 is 4.74 Å². The van der Waals surface area contributed by atoms with Gasteiger partial charge in [0, 0.05) is 28.9 Å². The third-order valence-electron chi connectivity index (χ3n) is 4.88. The Balaban J connectivity index is 1.66. The first-order valence-electron chi connectivity index (χ1n) is 9.58. The van der Waals surface area contributed by atoms with E-state index >= 15 is 0 Å². The number of nitrogens with zero attached hydrogens (tertiary/aromatic N) is 3. The molecule has 0 radical (unpaired) electrons. The topological polar surface area (TPSA) is 57.0 Å². The molecule has 0 spiro atoms. The predicted octanol–water partition coefficient (Wildman–Crippen LogP) is 7.65. The molecular formula is C23H17Cl2IN3O2P. The number of halogens is 3. The SMILES string of the molecule is CC(Oc1ccc2c(c1)c(/C=C/c1ccc(C=O)cc1)nn2PI)c1c(Cl)cncc1Cl. The first-order valence-corrected chi connectivity index (χ1v) is 14.4. The summed E-state index contributed by atoms with van der Waals surface area (Å²) in [4.78, 5) is 14.9. The van der Waals surface area contributed by atoms with Gasteiger partial charge in [-0.2, -0.15) is 5.10 Å². The molecule has 2 atom stereocenters. The van der Waals surface area contributed by atoms with E-state index < -0.39 is 0 Å². The minimum absolute atomic E-state index is 0.354. The van der Waals surface area contributed by atoms with Crippen molar-refractivity contribution in [1.29, 1.82) is 0 Å². The Kier molecular flexibility index (Phi) is 7.46. The molecule has 0 saturated carbocycles. The highest BCUT2D eigenvalue weighted by atomic mass is 127. The molecule has 2 aromatic heterocycles. The van der Waals surface area contributed by atoms with E-state index in [1.165, 1.54) is 0 Å². The van der Waals surface area contributed by atoms with Crippen molar-refractivity contribution in [3.63, 3.8) is 0 Å². The maximum Gasteiger partial charge on any atom is 0.150 e. The summed E-state index contributed by atoms with van der Waals surface area (Å²) in [7, 11) is 0. The van der Waals surface area contributed by atoms with E-state index in [1.54, 1.807) is 24.5 Å². The number of benzene rings is 2. The molecule has 5 nitrogen and oxygen atoms in total. The van der Waals surface area contributed by atoms with Crippen molar-refractivity contribution in [3.8, 4) is 5.75 Å². The van der Waals surface area contributed by atoms with Gasteiger partial charge in [0.2, 0.25) is 0 Å². The van der Waals surface area contributed by atoms with Crippen LogP contribution in [-0.4, -0.2) is 20.8 Å². The van der Waals surface area contributed by atoms with Crippen LogP contribution in [0.2, 0.25) is 10.0 Å². The summed E-state index contributed by atoms with van der Waals surface area (Å²) in [6.45, 7) is 1.90. The van der Waals surface area contributed by atoms with Gasteiger partial charge in [0.15, 0.2) is 0 Å². The van der Waals surface area contributed by atoms with Crippen LogP contribution in [0.5, 0.6) is 5.75 Å². The molecule has 9 heteroatoms. The fraction of sp³-hybridized carbons (Fsp3) is 0.0870. The average molecular weight is 596 g/mol. The van der Waals surface area contributed by atoms with Gasteiger partial charge in [-0.15, -0.1) is 0 Å². The van der Waals surface area contributed by atoms with Crippen molar-refractivity contribution in [2.24, 2.45) is 0 Å². The molecule has 4 rings (SSSR count). The first-order chi connectivity index (χ1) is 15.5. The Morgan fingerprint density at radius 1 is 1.06 bits per heavy atom. The van der Waals surface area contributed by atoms with Gasteiger partial charge in [-0.05, 0) is 58.8 Å². The minimum Gasteiger partial charge on any atom is -0.486 e. The van der Waals surface area contributed by atoms with E-state index in [1.807, 2.05) is 53.9 Å². The number of fused-ring (bicyclic) bond motifs is 1. The molecule has 0 fully saturated rings. The van der Waals surface area contributed by atoms with E-state index in [0.717, 1.165) is 28.4 Å². The fourth-order valence-electron chi connectivity index (χ4n) is 3.31. The van der Waals surface area contributed by atoms with Crippen molar-refractivity contribution in [2.45, 2.75) is 13.0 Å². The molecule has 0 aliphatic carbocycles. The van der Waals surface area contributed by atoms with Gasteiger partial charge in [0.25, 0.3) is 0 Å². The van der Waals surface area contributed by atoms with Gasteiger partial charge in [-0.25, -0.2) is 4.45 Å². The lowest BCUT2D eigenvalue weighted by Crippen LogP contribution is -2.05. The lowest BCUT2D eigenvalue weighted by atomic mass is 10.1. The van der Waals surface area contributed by atoms with Crippen LogP contribution in [0.15, 0.2) is 54.9 Å². The standard InChI is InChI=1S/C23H17Cl2IN3O2P/c1-14(23-19(24)11-27-12-20(23)25)31-17-7-9-22-18(10-17)21(28-29(22)32-26)8-6-15-2-4-16(13-30)5-3-15/h2-14,32H,1H3/b8-6+. The molecule has 0 aliphatic rings. The zero-order valence-electron chi connectivity index (χ0n) is 16.8. The van der Waals surface area contributed by atoms with Crippen LogP contribution in [-0.2, 0) is 0 Å². The van der Waals surface area contributed by atoms with Gasteiger partial charge in [0.05, 0.1) is 27.6 Å². The molecule has 0 amide bonds. The summed E-state index contributed by atoms with van der Waals surface area (Å²) in [5.74, 6) is 0.690. The molecule has 162 valence electrons. The fourth-order valence-corrected chi connectivity index (χ4v) is 5.52. The van der Waals surface area contributed by atoms with Crippen molar-refractivity contribution < 1.29 is 9.53 Å². The molecule has 2 unspecified atom stereocenters.